The largest absolute Gasteiger partial charge is 0.314 e. The number of amidine groups is 3. The van der Waals surface area contributed by atoms with E-state index in [0.29, 0.717) is 24.0 Å². The van der Waals surface area contributed by atoms with Gasteiger partial charge in [0.15, 0.2) is 0 Å². The average molecular weight is 532 g/mol. The topological polar surface area (TPSA) is 137 Å². The summed E-state index contributed by atoms with van der Waals surface area (Å²) in [5.41, 5.74) is 0.305. The van der Waals surface area contributed by atoms with Crippen LogP contribution in [0.4, 0.5) is 0 Å². The van der Waals surface area contributed by atoms with Crippen LogP contribution < -0.4 is 16.0 Å². The van der Waals surface area contributed by atoms with Crippen molar-refractivity contribution in [3.8, 4) is 0 Å². The molecular weight excluding hydrogens is 494 g/mol. The minimum Gasteiger partial charge on any atom is -0.314 e. The zero-order chi connectivity index (χ0) is 27.1. The van der Waals surface area contributed by atoms with Gasteiger partial charge in [0, 0.05) is 36.7 Å². The first-order valence-electron chi connectivity index (χ1n) is 14.3. The van der Waals surface area contributed by atoms with Gasteiger partial charge in [0.25, 0.3) is 0 Å². The van der Waals surface area contributed by atoms with E-state index < -0.39 is 5.54 Å². The number of hydrogen-bond acceptors (Lipinski definition) is 7. The summed E-state index contributed by atoms with van der Waals surface area (Å²) in [4.78, 5) is 57.0. The normalized spacial score (nSPS) is 34.9. The Morgan fingerprint density at radius 2 is 1.82 bits per heavy atom. The van der Waals surface area contributed by atoms with Gasteiger partial charge >= 0.3 is 0 Å². The Morgan fingerprint density at radius 3 is 2.64 bits per heavy atom. The molecule has 2 saturated carbocycles. The molecule has 5 aliphatic rings. The first-order valence-corrected chi connectivity index (χ1v) is 14.3. The van der Waals surface area contributed by atoms with Gasteiger partial charge in [0.1, 0.15) is 17.5 Å². The Labute approximate surface area is 228 Å². The first-order chi connectivity index (χ1) is 18.8. The quantitative estimate of drug-likeness (QED) is 0.519. The van der Waals surface area contributed by atoms with Gasteiger partial charge in [-0.2, -0.15) is 0 Å². The standard InChI is InChI=1S/C29H37N7O3/c1-16(25-32-22-5-3-4-20(22)27(38)35-25)12-17-6-7-21-28(39)33-23(36-29(21,2)15-17)13-19-14-24(37)34-26(31-19)18-8-10-30-11-9-18/h8-11,16-17,19-22H,3-7,12-15H2,1-2H3,(H,31,34,37)(H,32,35,38)(H,33,36,39). The van der Waals surface area contributed by atoms with Crippen LogP contribution in [0.5, 0.6) is 0 Å². The number of pyridine rings is 1. The van der Waals surface area contributed by atoms with Crippen LogP contribution in [0.1, 0.15) is 77.2 Å². The number of amides is 3. The summed E-state index contributed by atoms with van der Waals surface area (Å²) >= 11 is 0. The number of aromatic nitrogens is 1. The fourth-order valence-electron chi connectivity index (χ4n) is 7.29. The highest BCUT2D eigenvalue weighted by Gasteiger charge is 2.48. The molecule has 7 atom stereocenters. The summed E-state index contributed by atoms with van der Waals surface area (Å²) in [5, 5.41) is 8.96. The summed E-state index contributed by atoms with van der Waals surface area (Å²) in [6.07, 6.45) is 10.5. The van der Waals surface area contributed by atoms with Crippen LogP contribution in [0.2, 0.25) is 0 Å². The van der Waals surface area contributed by atoms with Crippen molar-refractivity contribution in [2.24, 2.45) is 38.6 Å². The fourth-order valence-corrected chi connectivity index (χ4v) is 7.29. The molecule has 2 aliphatic carbocycles. The molecule has 0 spiro atoms. The lowest BCUT2D eigenvalue weighted by Crippen LogP contribution is -2.55. The molecule has 2 fully saturated rings. The van der Waals surface area contributed by atoms with Crippen molar-refractivity contribution >= 4 is 35.2 Å². The van der Waals surface area contributed by atoms with E-state index >= 15 is 0 Å². The molecule has 0 saturated heterocycles. The molecule has 3 amide bonds. The van der Waals surface area contributed by atoms with E-state index in [1.54, 1.807) is 12.4 Å². The average Bonchev–Trinajstić information content (AvgIpc) is 3.38. The third-order valence-electron chi connectivity index (χ3n) is 9.19. The van der Waals surface area contributed by atoms with Crippen LogP contribution >= 0.6 is 0 Å². The maximum absolute atomic E-state index is 13.2. The van der Waals surface area contributed by atoms with Crippen molar-refractivity contribution in [2.75, 3.05) is 0 Å². The summed E-state index contributed by atoms with van der Waals surface area (Å²) < 4.78 is 0. The van der Waals surface area contributed by atoms with Crippen molar-refractivity contribution in [3.05, 3.63) is 30.1 Å². The maximum Gasteiger partial charge on any atom is 0.230 e. The van der Waals surface area contributed by atoms with E-state index in [0.717, 1.165) is 56.3 Å². The molecule has 206 valence electrons. The number of rotatable bonds is 6. The van der Waals surface area contributed by atoms with Gasteiger partial charge in [-0.25, -0.2) is 0 Å². The van der Waals surface area contributed by atoms with Gasteiger partial charge in [-0.3, -0.25) is 34.3 Å². The molecule has 6 rings (SSSR count). The molecule has 1 aromatic heterocycles. The lowest BCUT2D eigenvalue weighted by molar-refractivity contribution is -0.128. The Balaban J connectivity index is 1.15. The van der Waals surface area contributed by atoms with E-state index in [1.165, 1.54) is 0 Å². The Bertz CT molecular complexity index is 1260. The SMILES string of the molecule is CC(CC1CCC2C(=O)NC(CC3CC(=O)NC(c4ccncc4)=N3)=NC2(C)C1)C1=NC2CCCC2C(=O)N1. The highest BCUT2D eigenvalue weighted by Crippen LogP contribution is 2.44. The van der Waals surface area contributed by atoms with Gasteiger partial charge in [-0.1, -0.05) is 13.3 Å². The molecule has 7 unspecified atom stereocenters. The molecule has 10 heteroatoms. The van der Waals surface area contributed by atoms with E-state index in [2.05, 4.69) is 34.8 Å². The molecule has 10 nitrogen and oxygen atoms in total. The number of hydrogen-bond donors (Lipinski definition) is 3. The zero-order valence-electron chi connectivity index (χ0n) is 22.7. The van der Waals surface area contributed by atoms with Crippen LogP contribution in [0.3, 0.4) is 0 Å². The second-order valence-corrected chi connectivity index (χ2v) is 12.2. The first kappa shape index (κ1) is 25.8. The summed E-state index contributed by atoms with van der Waals surface area (Å²) in [5.74, 6) is 2.45. The third kappa shape index (κ3) is 5.25. The molecule has 3 N–H and O–H groups in total. The molecule has 0 aromatic carbocycles. The number of nitrogens with zero attached hydrogens (tertiary/aromatic N) is 4. The van der Waals surface area contributed by atoms with Crippen molar-refractivity contribution < 1.29 is 14.4 Å². The van der Waals surface area contributed by atoms with E-state index in [1.807, 2.05) is 12.1 Å². The lowest BCUT2D eigenvalue weighted by atomic mass is 9.67. The number of carbonyl (C=O) groups excluding carboxylic acids is 3. The number of carbonyl (C=O) groups is 3. The number of fused-ring (bicyclic) bond motifs is 2. The van der Waals surface area contributed by atoms with Crippen molar-refractivity contribution in [3.63, 3.8) is 0 Å². The summed E-state index contributed by atoms with van der Waals surface area (Å²) in [6, 6.07) is 3.47. The monoisotopic (exact) mass is 531 g/mol. The van der Waals surface area contributed by atoms with Crippen molar-refractivity contribution in [1.82, 2.24) is 20.9 Å². The smallest absolute Gasteiger partial charge is 0.230 e. The Morgan fingerprint density at radius 1 is 1.00 bits per heavy atom. The molecule has 39 heavy (non-hydrogen) atoms. The van der Waals surface area contributed by atoms with E-state index in [-0.39, 0.29) is 54.0 Å². The molecule has 4 heterocycles. The second kappa shape index (κ2) is 10.3. The van der Waals surface area contributed by atoms with Crippen LogP contribution in [0.15, 0.2) is 39.5 Å². The van der Waals surface area contributed by atoms with Crippen LogP contribution in [-0.2, 0) is 14.4 Å². The summed E-state index contributed by atoms with van der Waals surface area (Å²) in [7, 11) is 0. The number of nitrogens with one attached hydrogen (secondary N) is 3. The maximum atomic E-state index is 13.2. The van der Waals surface area contributed by atoms with Gasteiger partial charge in [-0.15, -0.1) is 0 Å². The van der Waals surface area contributed by atoms with Gasteiger partial charge in [0.2, 0.25) is 17.7 Å². The molecule has 0 radical (unpaired) electrons. The highest BCUT2D eigenvalue weighted by molar-refractivity contribution is 6.10. The second-order valence-electron chi connectivity index (χ2n) is 12.2. The van der Waals surface area contributed by atoms with Crippen LogP contribution in [-0.4, -0.2) is 57.8 Å². The van der Waals surface area contributed by atoms with Gasteiger partial charge < -0.3 is 16.0 Å². The Kier molecular flexibility index (Phi) is 6.81. The highest BCUT2D eigenvalue weighted by atomic mass is 16.2. The predicted octanol–water partition coefficient (Wildman–Crippen LogP) is 2.53. The van der Waals surface area contributed by atoms with Crippen molar-refractivity contribution in [1.29, 1.82) is 0 Å². The lowest BCUT2D eigenvalue weighted by Gasteiger charge is -2.45. The van der Waals surface area contributed by atoms with Gasteiger partial charge in [-0.05, 0) is 63.5 Å². The summed E-state index contributed by atoms with van der Waals surface area (Å²) in [6.45, 7) is 4.24. The molecule has 0 bridgehead atoms. The minimum atomic E-state index is -0.497. The minimum absolute atomic E-state index is 0.0174. The molecule has 3 aliphatic heterocycles. The molecular formula is C29H37N7O3. The number of aliphatic imine (C=N–C) groups is 3. The zero-order valence-corrected chi connectivity index (χ0v) is 22.7. The van der Waals surface area contributed by atoms with Gasteiger partial charge in [0.05, 0.1) is 29.5 Å². The predicted molar refractivity (Wildman–Crippen MR) is 147 cm³/mol. The van der Waals surface area contributed by atoms with Crippen LogP contribution in [0, 0.1) is 23.7 Å². The third-order valence-corrected chi connectivity index (χ3v) is 9.19. The van der Waals surface area contributed by atoms with E-state index in [9.17, 15) is 14.4 Å². The molecule has 1 aromatic rings. The Hall–Kier alpha value is -3.43. The van der Waals surface area contributed by atoms with Crippen molar-refractivity contribution in [2.45, 2.75) is 89.3 Å². The fraction of sp³-hybridized carbons (Fsp3) is 0.621. The van der Waals surface area contributed by atoms with Crippen LogP contribution in [0.25, 0.3) is 0 Å². The van der Waals surface area contributed by atoms with E-state index in [4.69, 9.17) is 15.0 Å².